The minimum Gasteiger partial charge on any atom is -0.353 e. The van der Waals surface area contributed by atoms with Crippen molar-refractivity contribution >= 4 is 33.7 Å². The third kappa shape index (κ3) is 5.71. The number of carbonyl (C=O) groups excluding carboxylic acids is 1. The third-order valence-corrected chi connectivity index (χ3v) is 9.11. The van der Waals surface area contributed by atoms with E-state index in [-0.39, 0.29) is 19.0 Å². The normalized spacial score (nSPS) is 24.9. The van der Waals surface area contributed by atoms with Gasteiger partial charge in [0.2, 0.25) is 5.91 Å². The zero-order chi connectivity index (χ0) is 23.0. The monoisotopic (exact) mass is 495 g/mol. The summed E-state index contributed by atoms with van der Waals surface area (Å²) in [5, 5.41) is 4.97. The van der Waals surface area contributed by atoms with Crippen LogP contribution in [0.1, 0.15) is 52.6 Å². The number of halogens is 2. The molecule has 3 aliphatic rings. The number of anilines is 1. The summed E-state index contributed by atoms with van der Waals surface area (Å²) >= 11 is 3.18. The summed E-state index contributed by atoms with van der Waals surface area (Å²) < 4.78 is 26.4. The van der Waals surface area contributed by atoms with Crippen LogP contribution >= 0.6 is 22.7 Å². The maximum atomic E-state index is 13.2. The Hall–Kier alpha value is -1.65. The Morgan fingerprint density at radius 3 is 2.73 bits per heavy atom. The molecule has 6 nitrogen and oxygen atoms in total. The molecule has 1 N–H and O–H groups in total. The first-order valence-corrected chi connectivity index (χ1v) is 13.5. The molecule has 0 spiro atoms. The number of amides is 1. The number of aromatic nitrogens is 2. The van der Waals surface area contributed by atoms with Crippen LogP contribution in [0.2, 0.25) is 0 Å². The fourth-order valence-electron chi connectivity index (χ4n) is 5.10. The Labute approximate surface area is 201 Å². The lowest BCUT2D eigenvalue weighted by Gasteiger charge is -2.38. The van der Waals surface area contributed by atoms with E-state index in [0.717, 1.165) is 72.4 Å². The van der Waals surface area contributed by atoms with E-state index in [4.69, 9.17) is 0 Å². The minimum absolute atomic E-state index is 0.107. The maximum Gasteiger partial charge on any atom is 0.282 e. The highest BCUT2D eigenvalue weighted by Crippen LogP contribution is 2.37. The van der Waals surface area contributed by atoms with Crippen LogP contribution in [0, 0.1) is 12.8 Å². The van der Waals surface area contributed by atoms with E-state index < -0.39 is 5.92 Å². The van der Waals surface area contributed by atoms with Gasteiger partial charge in [0.05, 0.1) is 30.2 Å². The molecule has 5 rings (SSSR count). The molecule has 1 saturated carbocycles. The van der Waals surface area contributed by atoms with Gasteiger partial charge in [-0.1, -0.05) is 0 Å². The van der Waals surface area contributed by atoms with E-state index in [2.05, 4.69) is 20.2 Å². The quantitative estimate of drug-likeness (QED) is 0.629. The van der Waals surface area contributed by atoms with Gasteiger partial charge in [0.25, 0.3) is 5.92 Å². The summed E-state index contributed by atoms with van der Waals surface area (Å²) in [5.41, 5.74) is 1.08. The Balaban J connectivity index is 1.02. The smallest absolute Gasteiger partial charge is 0.282 e. The Kier molecular flexibility index (Phi) is 6.68. The number of fused-ring (bicyclic) bond motifs is 1. The lowest BCUT2D eigenvalue weighted by atomic mass is 9.84. The third-order valence-electron chi connectivity index (χ3n) is 6.98. The second-order valence-electron chi connectivity index (χ2n) is 9.70. The van der Waals surface area contributed by atoms with Gasteiger partial charge in [0.1, 0.15) is 0 Å². The Morgan fingerprint density at radius 2 is 2.03 bits per heavy atom. The fourth-order valence-corrected chi connectivity index (χ4v) is 6.95. The molecule has 0 bridgehead atoms. The Morgan fingerprint density at radius 1 is 1.24 bits per heavy atom. The number of rotatable bonds is 7. The summed E-state index contributed by atoms with van der Waals surface area (Å²) in [6.07, 6.45) is 8.80. The number of nitrogens with one attached hydrogen (secondary N) is 1. The van der Waals surface area contributed by atoms with Gasteiger partial charge in [0, 0.05) is 35.1 Å². The van der Waals surface area contributed by atoms with E-state index >= 15 is 0 Å². The van der Waals surface area contributed by atoms with Crippen molar-refractivity contribution in [2.24, 2.45) is 5.92 Å². The molecule has 2 aliphatic heterocycles. The first-order chi connectivity index (χ1) is 15.8. The highest BCUT2D eigenvalue weighted by Gasteiger charge is 2.45. The molecule has 0 atom stereocenters. The molecule has 0 radical (unpaired) electrons. The van der Waals surface area contributed by atoms with Gasteiger partial charge in [0.15, 0.2) is 5.13 Å². The maximum absolute atomic E-state index is 13.2. The zero-order valence-corrected chi connectivity index (χ0v) is 20.6. The molecule has 1 aliphatic carbocycles. The van der Waals surface area contributed by atoms with Crippen molar-refractivity contribution < 1.29 is 13.6 Å². The van der Waals surface area contributed by atoms with Crippen molar-refractivity contribution in [1.82, 2.24) is 20.2 Å². The summed E-state index contributed by atoms with van der Waals surface area (Å²) in [6.45, 7) is 4.47. The molecule has 4 heterocycles. The van der Waals surface area contributed by atoms with Crippen LogP contribution in [-0.4, -0.2) is 58.9 Å². The van der Waals surface area contributed by atoms with Crippen LogP contribution in [0.25, 0.3) is 0 Å². The molecule has 33 heavy (non-hydrogen) atoms. The van der Waals surface area contributed by atoms with Crippen LogP contribution < -0.4 is 10.2 Å². The average Bonchev–Trinajstić information content (AvgIpc) is 3.36. The summed E-state index contributed by atoms with van der Waals surface area (Å²) in [4.78, 5) is 27.7. The van der Waals surface area contributed by atoms with Crippen molar-refractivity contribution in [3.63, 3.8) is 0 Å². The van der Waals surface area contributed by atoms with Crippen LogP contribution in [0.3, 0.4) is 0 Å². The van der Waals surface area contributed by atoms with Gasteiger partial charge in [-0.05, 0) is 57.9 Å². The molecule has 180 valence electrons. The Bertz CT molecular complexity index is 977. The minimum atomic E-state index is -2.55. The molecule has 1 amide bonds. The van der Waals surface area contributed by atoms with E-state index in [1.165, 1.54) is 11.3 Å². The number of alkyl halides is 2. The summed E-state index contributed by atoms with van der Waals surface area (Å²) in [6, 6.07) is 0.294. The molecule has 0 unspecified atom stereocenters. The van der Waals surface area contributed by atoms with Crippen molar-refractivity contribution in [2.75, 3.05) is 31.1 Å². The van der Waals surface area contributed by atoms with E-state index in [9.17, 15) is 13.6 Å². The van der Waals surface area contributed by atoms with Crippen molar-refractivity contribution in [3.05, 3.63) is 26.7 Å². The van der Waals surface area contributed by atoms with Gasteiger partial charge in [-0.3, -0.25) is 9.69 Å². The number of hydrogen-bond acceptors (Lipinski definition) is 7. The molecule has 2 fully saturated rings. The number of hydrogen-bond donors (Lipinski definition) is 1. The van der Waals surface area contributed by atoms with Crippen LogP contribution in [0.4, 0.5) is 13.9 Å². The van der Waals surface area contributed by atoms with Gasteiger partial charge < -0.3 is 10.2 Å². The molecule has 0 aromatic carbocycles. The van der Waals surface area contributed by atoms with Gasteiger partial charge in [-0.15, -0.1) is 22.7 Å². The summed E-state index contributed by atoms with van der Waals surface area (Å²) in [5.74, 6) is -1.74. The highest BCUT2D eigenvalue weighted by molar-refractivity contribution is 7.15. The predicted molar refractivity (Wildman–Crippen MR) is 127 cm³/mol. The largest absolute Gasteiger partial charge is 0.353 e. The molecular weight excluding hydrogens is 464 g/mol. The van der Waals surface area contributed by atoms with Crippen LogP contribution in [0.5, 0.6) is 0 Å². The number of carbonyl (C=O) groups is 1. The van der Waals surface area contributed by atoms with Gasteiger partial charge in [-0.25, -0.2) is 18.7 Å². The molecule has 2 aromatic heterocycles. The second-order valence-corrected chi connectivity index (χ2v) is 12.1. The van der Waals surface area contributed by atoms with E-state index in [1.54, 1.807) is 33.8 Å². The summed E-state index contributed by atoms with van der Waals surface area (Å²) in [7, 11) is 0. The highest BCUT2D eigenvalue weighted by atomic mass is 32.1. The lowest BCUT2D eigenvalue weighted by Crippen LogP contribution is -2.56. The number of thiazole rings is 2. The van der Waals surface area contributed by atoms with Gasteiger partial charge >= 0.3 is 0 Å². The molecule has 1 saturated heterocycles. The van der Waals surface area contributed by atoms with E-state index in [1.807, 2.05) is 6.92 Å². The van der Waals surface area contributed by atoms with Crippen molar-refractivity contribution in [1.29, 1.82) is 0 Å². The first kappa shape index (κ1) is 23.1. The van der Waals surface area contributed by atoms with Crippen LogP contribution in [0.15, 0.2) is 6.20 Å². The lowest BCUT2D eigenvalue weighted by molar-refractivity contribution is -0.121. The van der Waals surface area contributed by atoms with Crippen LogP contribution in [-0.2, 0) is 24.2 Å². The topological polar surface area (TPSA) is 61.4 Å². The van der Waals surface area contributed by atoms with E-state index in [0.29, 0.717) is 18.4 Å². The zero-order valence-electron chi connectivity index (χ0n) is 19.0. The predicted octanol–water partition coefficient (Wildman–Crippen LogP) is 4.03. The molecule has 2 aromatic rings. The SMILES string of the molecule is Cc1ncc(CC(=O)N[C@H]2CC[C@H](CCN3CCc4sc(N5CC(F)(F)C5)nc4C3)CC2)s1. The van der Waals surface area contributed by atoms with Gasteiger partial charge in [-0.2, -0.15) is 0 Å². The second kappa shape index (κ2) is 9.54. The van der Waals surface area contributed by atoms with Crippen molar-refractivity contribution in [2.45, 2.75) is 70.4 Å². The average molecular weight is 496 g/mol. The molecule has 10 heteroatoms. The molecular formula is C23H31F2N5OS2. The van der Waals surface area contributed by atoms with Crippen molar-refractivity contribution in [3.8, 4) is 0 Å². The first-order valence-electron chi connectivity index (χ1n) is 11.9. The number of aryl methyl sites for hydroxylation is 1. The standard InChI is InChI=1S/C23H31F2N5OS2/c1-15-26-11-18(32-15)10-21(31)27-17-4-2-16(3-5-17)6-8-29-9-7-20-19(12-29)28-22(33-20)30-13-23(24,25)14-30/h11,16-17H,2-10,12-14H2,1H3,(H,27,31)/t16-,17-. The number of nitrogens with zero attached hydrogens (tertiary/aromatic N) is 4. The fraction of sp³-hybridized carbons (Fsp3) is 0.696.